The van der Waals surface area contributed by atoms with Gasteiger partial charge >= 0.3 is 11.6 Å². The van der Waals surface area contributed by atoms with E-state index in [2.05, 4.69) is 4.42 Å². The Balaban J connectivity index is 2.97. The summed E-state index contributed by atoms with van der Waals surface area (Å²) in [6, 6.07) is 2.53. The number of nitrogens with zero attached hydrogens (tertiary/aromatic N) is 1. The number of hydrogen-bond donors (Lipinski definition) is 1. The van der Waals surface area contributed by atoms with Crippen LogP contribution < -0.4 is 5.63 Å². The molecule has 1 aromatic heterocycles. The fourth-order valence-corrected chi connectivity index (χ4v) is 1.58. The van der Waals surface area contributed by atoms with Crippen LogP contribution in [0, 0.1) is 0 Å². The first-order valence-electron chi connectivity index (χ1n) is 5.84. The largest absolute Gasteiger partial charge is 0.481 e. The highest BCUT2D eigenvalue weighted by Gasteiger charge is 2.28. The Bertz CT molecular complexity index is 506. The molecular weight excluding hydrogens is 250 g/mol. The van der Waals surface area contributed by atoms with Gasteiger partial charge in [-0.05, 0) is 26.8 Å². The summed E-state index contributed by atoms with van der Waals surface area (Å²) in [5.41, 5.74) is -0.841. The lowest BCUT2D eigenvalue weighted by molar-refractivity contribution is -0.137. The SMILES string of the molecule is CC(C)(C)N(CCC(=O)O)C(=O)c1ccc(=O)oc1. The van der Waals surface area contributed by atoms with Gasteiger partial charge in [0.05, 0.1) is 12.0 Å². The average molecular weight is 267 g/mol. The third-order valence-electron chi connectivity index (χ3n) is 2.55. The van der Waals surface area contributed by atoms with Gasteiger partial charge in [-0.25, -0.2) is 4.79 Å². The predicted molar refractivity (Wildman–Crippen MR) is 68.0 cm³/mol. The summed E-state index contributed by atoms with van der Waals surface area (Å²) >= 11 is 0. The highest BCUT2D eigenvalue weighted by molar-refractivity contribution is 5.94. The van der Waals surface area contributed by atoms with Crippen molar-refractivity contribution in [3.63, 3.8) is 0 Å². The van der Waals surface area contributed by atoms with E-state index < -0.39 is 17.1 Å². The Hall–Kier alpha value is -2.11. The molecule has 0 bridgehead atoms. The number of carbonyl (C=O) groups excluding carboxylic acids is 1. The quantitative estimate of drug-likeness (QED) is 0.889. The van der Waals surface area contributed by atoms with Crippen molar-refractivity contribution in [2.75, 3.05) is 6.54 Å². The maximum atomic E-state index is 12.3. The third kappa shape index (κ3) is 4.24. The molecule has 1 amide bonds. The van der Waals surface area contributed by atoms with Crippen molar-refractivity contribution in [1.29, 1.82) is 0 Å². The number of carboxylic acid groups (broad SMARTS) is 1. The monoisotopic (exact) mass is 267 g/mol. The number of rotatable bonds is 4. The first-order chi connectivity index (χ1) is 8.71. The fourth-order valence-electron chi connectivity index (χ4n) is 1.58. The van der Waals surface area contributed by atoms with Crippen molar-refractivity contribution < 1.29 is 19.1 Å². The summed E-state index contributed by atoms with van der Waals surface area (Å²) in [5, 5.41) is 8.72. The summed E-state index contributed by atoms with van der Waals surface area (Å²) in [5.74, 6) is -1.33. The minimum atomic E-state index is -0.971. The van der Waals surface area contributed by atoms with Crippen LogP contribution in [0.2, 0.25) is 0 Å². The molecule has 0 fully saturated rings. The van der Waals surface area contributed by atoms with Gasteiger partial charge in [-0.3, -0.25) is 9.59 Å². The lowest BCUT2D eigenvalue weighted by Crippen LogP contribution is -2.46. The number of aliphatic carboxylic acids is 1. The minimum Gasteiger partial charge on any atom is -0.481 e. The first kappa shape index (κ1) is 14.9. The Morgan fingerprint density at radius 1 is 1.32 bits per heavy atom. The molecule has 1 rings (SSSR count). The molecule has 0 unspecified atom stereocenters. The van der Waals surface area contributed by atoms with Crippen LogP contribution in [-0.4, -0.2) is 34.0 Å². The van der Waals surface area contributed by atoms with Gasteiger partial charge in [-0.2, -0.15) is 0 Å². The second-order valence-electron chi connectivity index (χ2n) is 5.11. The molecule has 0 saturated heterocycles. The highest BCUT2D eigenvalue weighted by Crippen LogP contribution is 2.17. The van der Waals surface area contributed by atoms with Gasteiger partial charge in [0.1, 0.15) is 6.26 Å². The van der Waals surface area contributed by atoms with Crippen molar-refractivity contribution in [3.8, 4) is 0 Å². The van der Waals surface area contributed by atoms with Crippen LogP contribution in [0.1, 0.15) is 37.6 Å². The zero-order chi connectivity index (χ0) is 14.6. The van der Waals surface area contributed by atoms with Gasteiger partial charge < -0.3 is 14.4 Å². The van der Waals surface area contributed by atoms with E-state index in [1.165, 1.54) is 11.0 Å². The summed E-state index contributed by atoms with van der Waals surface area (Å²) in [7, 11) is 0. The molecule has 6 nitrogen and oxygen atoms in total. The smallest absolute Gasteiger partial charge is 0.335 e. The van der Waals surface area contributed by atoms with Gasteiger partial charge in [0.25, 0.3) is 5.91 Å². The average Bonchev–Trinajstić information content (AvgIpc) is 2.27. The van der Waals surface area contributed by atoms with E-state index in [1.54, 1.807) is 0 Å². The van der Waals surface area contributed by atoms with Crippen molar-refractivity contribution in [2.45, 2.75) is 32.7 Å². The van der Waals surface area contributed by atoms with Gasteiger partial charge in [0.2, 0.25) is 0 Å². The van der Waals surface area contributed by atoms with Gasteiger partial charge in [-0.15, -0.1) is 0 Å². The van der Waals surface area contributed by atoms with E-state index in [4.69, 9.17) is 5.11 Å². The Labute approximate surface area is 110 Å². The summed E-state index contributed by atoms with van der Waals surface area (Å²) in [6.45, 7) is 5.53. The van der Waals surface area contributed by atoms with Gasteiger partial charge in [0, 0.05) is 18.2 Å². The molecule has 0 saturated carbocycles. The standard InChI is InChI=1S/C13H17NO5/c1-13(2,3)14(7-6-10(15)16)12(18)9-4-5-11(17)19-8-9/h4-5,8H,6-7H2,1-3H3,(H,15,16). The minimum absolute atomic E-state index is 0.0940. The van der Waals surface area contributed by atoms with Crippen LogP contribution in [0.5, 0.6) is 0 Å². The molecule has 0 aromatic carbocycles. The third-order valence-corrected chi connectivity index (χ3v) is 2.55. The molecule has 0 radical (unpaired) electrons. The van der Waals surface area contributed by atoms with Crippen molar-refractivity contribution in [3.05, 3.63) is 34.4 Å². The number of hydrogen-bond acceptors (Lipinski definition) is 4. The van der Waals surface area contributed by atoms with Crippen LogP contribution in [0.4, 0.5) is 0 Å². The summed E-state index contributed by atoms with van der Waals surface area (Å²) in [6.07, 6.45) is 0.948. The molecule has 0 atom stereocenters. The van der Waals surface area contributed by atoms with E-state index in [-0.39, 0.29) is 24.4 Å². The maximum absolute atomic E-state index is 12.3. The normalized spacial score (nSPS) is 11.1. The van der Waals surface area contributed by atoms with Crippen LogP contribution in [0.25, 0.3) is 0 Å². The van der Waals surface area contributed by atoms with Crippen LogP contribution in [0.15, 0.2) is 27.6 Å². The highest BCUT2D eigenvalue weighted by atomic mass is 16.4. The van der Waals surface area contributed by atoms with E-state index in [9.17, 15) is 14.4 Å². The lowest BCUT2D eigenvalue weighted by atomic mass is 10.0. The lowest BCUT2D eigenvalue weighted by Gasteiger charge is -2.35. The Morgan fingerprint density at radius 2 is 1.95 bits per heavy atom. The molecule has 104 valence electrons. The van der Waals surface area contributed by atoms with Crippen LogP contribution >= 0.6 is 0 Å². The molecular formula is C13H17NO5. The van der Waals surface area contributed by atoms with Crippen molar-refractivity contribution in [2.24, 2.45) is 0 Å². The van der Waals surface area contributed by atoms with Gasteiger partial charge in [-0.1, -0.05) is 0 Å². The molecule has 19 heavy (non-hydrogen) atoms. The van der Waals surface area contributed by atoms with Crippen LogP contribution in [-0.2, 0) is 4.79 Å². The molecule has 1 aromatic rings. The first-order valence-corrected chi connectivity index (χ1v) is 5.84. The molecule has 0 aliphatic carbocycles. The molecule has 0 aliphatic rings. The van der Waals surface area contributed by atoms with E-state index in [0.29, 0.717) is 0 Å². The summed E-state index contributed by atoms with van der Waals surface area (Å²) < 4.78 is 4.65. The number of carboxylic acids is 1. The number of amides is 1. The van der Waals surface area contributed by atoms with Crippen molar-refractivity contribution >= 4 is 11.9 Å². The van der Waals surface area contributed by atoms with Gasteiger partial charge in [0.15, 0.2) is 0 Å². The zero-order valence-electron chi connectivity index (χ0n) is 11.2. The molecule has 1 heterocycles. The molecule has 1 N–H and O–H groups in total. The Morgan fingerprint density at radius 3 is 2.37 bits per heavy atom. The Kier molecular flexibility index (Phi) is 4.47. The maximum Gasteiger partial charge on any atom is 0.335 e. The molecule has 6 heteroatoms. The van der Waals surface area contributed by atoms with E-state index in [0.717, 1.165) is 12.3 Å². The van der Waals surface area contributed by atoms with Crippen LogP contribution in [0.3, 0.4) is 0 Å². The summed E-state index contributed by atoms with van der Waals surface area (Å²) in [4.78, 5) is 35.2. The van der Waals surface area contributed by atoms with E-state index in [1.807, 2.05) is 20.8 Å². The second kappa shape index (κ2) is 5.69. The topological polar surface area (TPSA) is 87.8 Å². The molecule has 0 aliphatic heterocycles. The number of carbonyl (C=O) groups is 2. The fraction of sp³-hybridized carbons (Fsp3) is 0.462. The predicted octanol–water partition coefficient (Wildman–Crippen LogP) is 1.36. The zero-order valence-corrected chi connectivity index (χ0v) is 11.2. The second-order valence-corrected chi connectivity index (χ2v) is 5.11. The van der Waals surface area contributed by atoms with E-state index >= 15 is 0 Å². The molecule has 0 spiro atoms. The van der Waals surface area contributed by atoms with Crippen molar-refractivity contribution in [1.82, 2.24) is 4.90 Å².